The monoisotopic (exact) mass is 400 g/mol. The SMILES string of the molecule is Cc1cc[c]([Ti]([Br])([c]2ccc(C)cc2)[c]2ccc(C)cc2)cc1. The van der Waals surface area contributed by atoms with Crippen LogP contribution in [0.4, 0.5) is 0 Å². The van der Waals surface area contributed by atoms with Crippen LogP contribution in [0.15, 0.2) is 72.8 Å². The molecular formula is C21H21BrTi. The van der Waals surface area contributed by atoms with Gasteiger partial charge in [0, 0.05) is 0 Å². The second-order valence-corrected chi connectivity index (χ2v) is 15.9. The topological polar surface area (TPSA) is 0 Å². The fourth-order valence-corrected chi connectivity index (χ4v) is 10.6. The molecule has 0 bridgehead atoms. The summed E-state index contributed by atoms with van der Waals surface area (Å²) in [7, 11) is 0. The van der Waals surface area contributed by atoms with Crippen molar-refractivity contribution >= 4 is 24.8 Å². The van der Waals surface area contributed by atoms with Crippen LogP contribution in [0.2, 0.25) is 0 Å². The minimum absolute atomic E-state index is 1.30. The molecule has 0 nitrogen and oxygen atoms in total. The molecule has 0 aliphatic heterocycles. The fourth-order valence-electron chi connectivity index (χ4n) is 2.85. The van der Waals surface area contributed by atoms with Crippen molar-refractivity contribution in [3.05, 3.63) is 89.5 Å². The first-order chi connectivity index (χ1) is 11.0. The van der Waals surface area contributed by atoms with E-state index in [-0.39, 0.29) is 0 Å². The summed E-state index contributed by atoms with van der Waals surface area (Å²) in [6.45, 7) is 6.43. The number of rotatable bonds is 3. The van der Waals surface area contributed by atoms with E-state index in [2.05, 4.69) is 107 Å². The van der Waals surface area contributed by atoms with Crippen LogP contribution in [-0.2, 0) is 14.5 Å². The molecule has 0 N–H and O–H groups in total. The van der Waals surface area contributed by atoms with Crippen LogP contribution in [-0.4, -0.2) is 0 Å². The van der Waals surface area contributed by atoms with Gasteiger partial charge in [-0.15, -0.1) is 0 Å². The van der Waals surface area contributed by atoms with Crippen LogP contribution in [0.5, 0.6) is 0 Å². The van der Waals surface area contributed by atoms with Crippen molar-refractivity contribution < 1.29 is 14.5 Å². The Morgan fingerprint density at radius 3 is 0.913 bits per heavy atom. The van der Waals surface area contributed by atoms with Gasteiger partial charge in [0.25, 0.3) is 0 Å². The molecule has 0 saturated heterocycles. The molecular weight excluding hydrogens is 380 g/mol. The second-order valence-electron chi connectivity index (χ2n) is 6.26. The third kappa shape index (κ3) is 3.38. The van der Waals surface area contributed by atoms with Crippen LogP contribution in [0.1, 0.15) is 16.7 Å². The van der Waals surface area contributed by atoms with E-state index in [1.165, 1.54) is 28.3 Å². The quantitative estimate of drug-likeness (QED) is 0.573. The average molecular weight is 401 g/mol. The van der Waals surface area contributed by atoms with E-state index in [4.69, 9.17) is 0 Å². The molecule has 0 fully saturated rings. The van der Waals surface area contributed by atoms with Crippen molar-refractivity contribution in [3.8, 4) is 0 Å². The zero-order valence-corrected chi connectivity index (χ0v) is 17.0. The number of halogens is 1. The van der Waals surface area contributed by atoms with Crippen LogP contribution < -0.4 is 11.6 Å². The van der Waals surface area contributed by atoms with Crippen molar-refractivity contribution in [2.45, 2.75) is 20.8 Å². The Balaban J connectivity index is 2.21. The third-order valence-corrected chi connectivity index (χ3v) is 15.3. The summed E-state index contributed by atoms with van der Waals surface area (Å²) in [5.74, 6) is 0. The van der Waals surface area contributed by atoms with E-state index < -0.39 is 14.5 Å². The van der Waals surface area contributed by atoms with Crippen LogP contribution in [0.3, 0.4) is 0 Å². The summed E-state index contributed by atoms with van der Waals surface area (Å²) in [4.78, 5) is 0. The summed E-state index contributed by atoms with van der Waals surface area (Å²) < 4.78 is 4.30. The van der Waals surface area contributed by atoms with Gasteiger partial charge in [-0.3, -0.25) is 0 Å². The van der Waals surface area contributed by atoms with Gasteiger partial charge in [-0.2, -0.15) is 0 Å². The maximum atomic E-state index is 4.27. The summed E-state index contributed by atoms with van der Waals surface area (Å²) in [6.07, 6.45) is 0. The van der Waals surface area contributed by atoms with Crippen molar-refractivity contribution in [3.63, 3.8) is 0 Å². The molecule has 3 rings (SSSR count). The third-order valence-electron chi connectivity index (χ3n) is 4.35. The molecule has 3 aromatic rings. The Morgan fingerprint density at radius 1 is 0.478 bits per heavy atom. The zero-order chi connectivity index (χ0) is 16.4. The minimum atomic E-state index is -2.76. The average Bonchev–Trinajstić information content (AvgIpc) is 2.56. The second kappa shape index (κ2) is 6.77. The molecule has 0 heterocycles. The number of hydrogen-bond donors (Lipinski definition) is 0. The molecule has 0 radical (unpaired) electrons. The molecule has 0 aliphatic rings. The van der Waals surface area contributed by atoms with Gasteiger partial charge in [0.15, 0.2) is 0 Å². The molecule has 0 unspecified atom stereocenters. The van der Waals surface area contributed by atoms with Crippen molar-refractivity contribution in [2.24, 2.45) is 0 Å². The van der Waals surface area contributed by atoms with Crippen LogP contribution in [0, 0.1) is 20.8 Å². The van der Waals surface area contributed by atoms with E-state index in [0.717, 1.165) is 0 Å². The predicted octanol–water partition coefficient (Wildman–Crippen LogP) is 4.35. The molecule has 3 aromatic carbocycles. The number of hydrogen-bond acceptors (Lipinski definition) is 0. The van der Waals surface area contributed by atoms with Crippen molar-refractivity contribution in [1.82, 2.24) is 0 Å². The molecule has 0 saturated carbocycles. The van der Waals surface area contributed by atoms with Gasteiger partial charge in [0.05, 0.1) is 0 Å². The van der Waals surface area contributed by atoms with E-state index in [0.29, 0.717) is 0 Å². The van der Waals surface area contributed by atoms with Gasteiger partial charge in [-0.1, -0.05) is 0 Å². The van der Waals surface area contributed by atoms with Crippen LogP contribution >= 0.6 is 13.2 Å². The van der Waals surface area contributed by atoms with Gasteiger partial charge < -0.3 is 0 Å². The molecule has 0 amide bonds. The number of aryl methyl sites for hydroxylation is 3. The summed E-state index contributed by atoms with van der Waals surface area (Å²) in [5.41, 5.74) is 3.91. The summed E-state index contributed by atoms with van der Waals surface area (Å²) in [5, 5.41) is 0. The standard InChI is InChI=1S/3C7H7.BrH.Ti/c3*1-7-5-3-2-4-6-7;;/h3*3-6H,1H3;1H;/q;;;;+1/p-1. The summed E-state index contributed by atoms with van der Waals surface area (Å²) >= 11 is 1.51. The maximum absolute atomic E-state index is 4.27. The van der Waals surface area contributed by atoms with E-state index in [9.17, 15) is 0 Å². The van der Waals surface area contributed by atoms with Crippen molar-refractivity contribution in [1.29, 1.82) is 0 Å². The van der Waals surface area contributed by atoms with Gasteiger partial charge in [-0.25, -0.2) is 0 Å². The Kier molecular flexibility index (Phi) is 4.91. The zero-order valence-electron chi connectivity index (χ0n) is 13.8. The van der Waals surface area contributed by atoms with Gasteiger partial charge in [0.1, 0.15) is 0 Å². The van der Waals surface area contributed by atoms with Crippen LogP contribution in [0.25, 0.3) is 0 Å². The molecule has 116 valence electrons. The van der Waals surface area contributed by atoms with E-state index >= 15 is 0 Å². The Hall–Kier alpha value is -1.15. The molecule has 23 heavy (non-hydrogen) atoms. The fraction of sp³-hybridized carbons (Fsp3) is 0.143. The first-order valence-corrected chi connectivity index (χ1v) is 14.1. The Labute approximate surface area is 149 Å². The number of benzene rings is 3. The van der Waals surface area contributed by atoms with Crippen molar-refractivity contribution in [2.75, 3.05) is 0 Å². The Bertz CT molecular complexity index is 676. The predicted molar refractivity (Wildman–Crippen MR) is 101 cm³/mol. The first-order valence-electron chi connectivity index (χ1n) is 7.90. The normalized spacial score (nSPS) is 11.5. The Morgan fingerprint density at radius 2 is 0.696 bits per heavy atom. The summed E-state index contributed by atoms with van der Waals surface area (Å²) in [6, 6.07) is 27.1. The first kappa shape index (κ1) is 16.7. The molecule has 2 heteroatoms. The van der Waals surface area contributed by atoms with Gasteiger partial charge >= 0.3 is 150 Å². The molecule has 0 aliphatic carbocycles. The molecule has 0 spiro atoms. The van der Waals surface area contributed by atoms with E-state index in [1.54, 1.807) is 0 Å². The van der Waals surface area contributed by atoms with Gasteiger partial charge in [-0.05, 0) is 0 Å². The molecule has 0 atom stereocenters. The van der Waals surface area contributed by atoms with Gasteiger partial charge in [0.2, 0.25) is 0 Å². The molecule has 0 aromatic heterocycles. The van der Waals surface area contributed by atoms with E-state index in [1.807, 2.05) is 0 Å².